The van der Waals surface area contributed by atoms with E-state index in [1.54, 1.807) is 4.68 Å². The van der Waals surface area contributed by atoms with Crippen LogP contribution in [0.15, 0.2) is 78.9 Å². The van der Waals surface area contributed by atoms with Crippen molar-refractivity contribution in [3.05, 3.63) is 107 Å². The van der Waals surface area contributed by atoms with Crippen molar-refractivity contribution in [3.63, 3.8) is 0 Å². The molecule has 2 heterocycles. The number of amides is 3. The minimum absolute atomic E-state index is 0.123. The van der Waals surface area contributed by atoms with E-state index in [9.17, 15) is 9.59 Å². The smallest absolute Gasteiger partial charge is 0.324 e. The fraction of sp³-hybridized carbons (Fsp3) is 0.395. The molecule has 3 aromatic carbocycles. The van der Waals surface area contributed by atoms with E-state index in [-0.39, 0.29) is 17.4 Å². The summed E-state index contributed by atoms with van der Waals surface area (Å²) in [6.45, 7) is 10.1. The third-order valence-electron chi connectivity index (χ3n) is 9.36. The van der Waals surface area contributed by atoms with Crippen molar-refractivity contribution >= 4 is 23.4 Å². The molecule has 0 bridgehead atoms. The van der Waals surface area contributed by atoms with Crippen molar-refractivity contribution in [2.75, 3.05) is 23.7 Å². The number of rotatable bonds is 6. The van der Waals surface area contributed by atoms with Gasteiger partial charge < -0.3 is 10.2 Å². The normalized spacial score (nSPS) is 17.1. The van der Waals surface area contributed by atoms with E-state index in [0.29, 0.717) is 17.6 Å². The lowest BCUT2D eigenvalue weighted by molar-refractivity contribution is -0.137. The minimum atomic E-state index is -0.310. The van der Waals surface area contributed by atoms with Gasteiger partial charge in [-0.3, -0.25) is 10.1 Å². The van der Waals surface area contributed by atoms with E-state index in [2.05, 4.69) is 72.7 Å². The van der Waals surface area contributed by atoms with Gasteiger partial charge in [-0.05, 0) is 92.3 Å². The fourth-order valence-corrected chi connectivity index (χ4v) is 6.58. The average molecular weight is 604 g/mol. The lowest BCUT2D eigenvalue weighted by atomic mass is 9.82. The molecule has 45 heavy (non-hydrogen) atoms. The van der Waals surface area contributed by atoms with Crippen molar-refractivity contribution in [2.24, 2.45) is 11.8 Å². The number of fused-ring (bicyclic) bond motifs is 1. The van der Waals surface area contributed by atoms with Crippen LogP contribution in [-0.2, 0) is 29.5 Å². The lowest BCUT2D eigenvalue weighted by Crippen LogP contribution is -2.43. The molecule has 1 saturated heterocycles. The Morgan fingerprint density at radius 2 is 1.56 bits per heavy atom. The van der Waals surface area contributed by atoms with E-state index >= 15 is 0 Å². The number of benzene rings is 3. The second-order valence-corrected chi connectivity index (χ2v) is 13.9. The van der Waals surface area contributed by atoms with Gasteiger partial charge in [0, 0.05) is 36.2 Å². The number of nitrogens with zero attached hydrogens (tertiary/aromatic N) is 3. The van der Waals surface area contributed by atoms with Crippen LogP contribution in [0.25, 0.3) is 5.69 Å². The molecule has 1 aliphatic heterocycles. The Kier molecular flexibility index (Phi) is 8.79. The number of likely N-dealkylation sites (tertiary alicyclic amines) is 1. The van der Waals surface area contributed by atoms with E-state index < -0.39 is 0 Å². The van der Waals surface area contributed by atoms with Crippen LogP contribution in [-0.4, -0.2) is 39.7 Å². The predicted octanol–water partition coefficient (Wildman–Crippen LogP) is 7.71. The quantitative estimate of drug-likeness (QED) is 0.237. The van der Waals surface area contributed by atoms with E-state index in [1.165, 1.54) is 22.3 Å². The monoisotopic (exact) mass is 603 g/mol. The fourth-order valence-electron chi connectivity index (χ4n) is 6.58. The second-order valence-electron chi connectivity index (χ2n) is 13.9. The lowest BCUT2D eigenvalue weighted by Gasteiger charge is -2.35. The van der Waals surface area contributed by atoms with Crippen LogP contribution in [0.2, 0.25) is 0 Å². The summed E-state index contributed by atoms with van der Waals surface area (Å²) in [4.78, 5) is 28.5. The number of nitrogens with one attached hydrogen (secondary N) is 2. The number of carbonyl (C=O) groups excluding carboxylic acids is 2. The molecule has 7 heteroatoms. The summed E-state index contributed by atoms with van der Waals surface area (Å²) in [6, 6.07) is 26.4. The molecule has 1 aromatic heterocycles. The average Bonchev–Trinajstić information content (AvgIpc) is 3.46. The Balaban J connectivity index is 1.01. The van der Waals surface area contributed by atoms with Crippen molar-refractivity contribution in [2.45, 2.75) is 71.6 Å². The third-order valence-corrected chi connectivity index (χ3v) is 9.36. The molecular formula is C38H45N5O2. The van der Waals surface area contributed by atoms with Gasteiger partial charge in [0.25, 0.3) is 0 Å². The molecular weight excluding hydrogens is 558 g/mol. The molecule has 0 radical (unpaired) electrons. The summed E-state index contributed by atoms with van der Waals surface area (Å²) < 4.78 is 1.79. The molecule has 0 spiro atoms. The van der Waals surface area contributed by atoms with Gasteiger partial charge in [0.05, 0.1) is 11.4 Å². The van der Waals surface area contributed by atoms with Crippen LogP contribution >= 0.6 is 0 Å². The highest BCUT2D eigenvalue weighted by molar-refractivity contribution is 5.99. The van der Waals surface area contributed by atoms with Crippen molar-refractivity contribution < 1.29 is 9.59 Å². The maximum atomic E-state index is 13.3. The summed E-state index contributed by atoms with van der Waals surface area (Å²) in [5.74, 6) is 1.64. The maximum absolute atomic E-state index is 13.3. The molecule has 0 saturated carbocycles. The Morgan fingerprint density at radius 1 is 0.867 bits per heavy atom. The van der Waals surface area contributed by atoms with Crippen LogP contribution in [0.1, 0.15) is 68.0 Å². The van der Waals surface area contributed by atoms with Crippen LogP contribution in [0.3, 0.4) is 0 Å². The van der Waals surface area contributed by atoms with Gasteiger partial charge in [-0.1, -0.05) is 74.9 Å². The number of urea groups is 1. The number of piperidine rings is 1. The number of aromatic nitrogens is 2. The van der Waals surface area contributed by atoms with Crippen LogP contribution in [0.4, 0.5) is 16.3 Å². The van der Waals surface area contributed by atoms with Crippen molar-refractivity contribution in [1.29, 1.82) is 0 Å². The van der Waals surface area contributed by atoms with Gasteiger partial charge in [-0.2, -0.15) is 5.10 Å². The molecule has 2 N–H and O–H groups in total. The molecule has 1 fully saturated rings. The Morgan fingerprint density at radius 3 is 2.24 bits per heavy atom. The zero-order chi connectivity index (χ0) is 31.6. The standard InChI is InChI=1S/C38H45N5O2/c1-26-9-17-33(18-10-26)43-35(25-34(41-43)38(2,3)4)40-37(45)39-32-15-11-27(12-16-32)23-28-19-21-42(22-20-28)36(44)31-14-13-29-7-5-6-8-30(29)24-31/h5-12,15-18,25,28,31H,13-14,19-24H2,1-4H3,(H2,39,40,45). The molecule has 1 aliphatic carbocycles. The molecule has 2 aliphatic rings. The molecule has 3 amide bonds. The van der Waals surface area contributed by atoms with Gasteiger partial charge >= 0.3 is 6.03 Å². The van der Waals surface area contributed by atoms with E-state index in [4.69, 9.17) is 5.10 Å². The first-order valence-electron chi connectivity index (χ1n) is 16.3. The van der Waals surface area contributed by atoms with Gasteiger partial charge in [-0.25, -0.2) is 9.48 Å². The largest absolute Gasteiger partial charge is 0.342 e. The number of anilines is 2. The van der Waals surface area contributed by atoms with E-state index in [0.717, 1.165) is 68.7 Å². The number of aryl methyl sites for hydroxylation is 2. The molecule has 1 unspecified atom stereocenters. The molecule has 7 nitrogen and oxygen atoms in total. The highest BCUT2D eigenvalue weighted by atomic mass is 16.2. The highest BCUT2D eigenvalue weighted by Crippen LogP contribution is 2.30. The van der Waals surface area contributed by atoms with Crippen molar-refractivity contribution in [1.82, 2.24) is 14.7 Å². The topological polar surface area (TPSA) is 79.3 Å². The van der Waals surface area contributed by atoms with Crippen LogP contribution < -0.4 is 10.6 Å². The SMILES string of the molecule is Cc1ccc(-n2nc(C(C)(C)C)cc2NC(=O)Nc2ccc(CC3CCN(C(=O)C4CCc5ccccc5C4)CC3)cc2)cc1. The number of carbonyl (C=O) groups is 2. The molecule has 1 atom stereocenters. The first kappa shape index (κ1) is 30.6. The first-order chi connectivity index (χ1) is 21.6. The predicted molar refractivity (Wildman–Crippen MR) is 181 cm³/mol. The molecule has 4 aromatic rings. The number of hydrogen-bond donors (Lipinski definition) is 2. The second kappa shape index (κ2) is 12.9. The Hall–Kier alpha value is -4.39. The summed E-state index contributed by atoms with van der Waals surface area (Å²) in [5, 5.41) is 10.8. The van der Waals surface area contributed by atoms with Crippen LogP contribution in [0.5, 0.6) is 0 Å². The maximum Gasteiger partial charge on any atom is 0.324 e. The first-order valence-corrected chi connectivity index (χ1v) is 16.3. The summed E-state index contributed by atoms with van der Waals surface area (Å²) in [5.41, 5.74) is 7.54. The zero-order valence-electron chi connectivity index (χ0n) is 27.0. The number of hydrogen-bond acceptors (Lipinski definition) is 3. The van der Waals surface area contributed by atoms with Gasteiger partial charge in [-0.15, -0.1) is 0 Å². The summed E-state index contributed by atoms with van der Waals surface area (Å²) in [7, 11) is 0. The van der Waals surface area contributed by atoms with Gasteiger partial charge in [0.15, 0.2) is 0 Å². The van der Waals surface area contributed by atoms with Crippen LogP contribution in [0, 0.1) is 18.8 Å². The zero-order valence-corrected chi connectivity index (χ0v) is 27.0. The Labute approximate surface area is 267 Å². The molecule has 6 rings (SSSR count). The third kappa shape index (κ3) is 7.30. The van der Waals surface area contributed by atoms with E-state index in [1.807, 2.05) is 49.4 Å². The van der Waals surface area contributed by atoms with Crippen molar-refractivity contribution in [3.8, 4) is 5.69 Å². The minimum Gasteiger partial charge on any atom is -0.342 e. The molecule has 234 valence electrons. The summed E-state index contributed by atoms with van der Waals surface area (Å²) in [6.07, 6.45) is 5.89. The summed E-state index contributed by atoms with van der Waals surface area (Å²) >= 11 is 0. The van der Waals surface area contributed by atoms with Gasteiger partial charge in [0.1, 0.15) is 5.82 Å². The van der Waals surface area contributed by atoms with Gasteiger partial charge in [0.2, 0.25) is 5.91 Å². The Bertz CT molecular complexity index is 1640. The highest BCUT2D eigenvalue weighted by Gasteiger charge is 2.31.